The zero-order chi connectivity index (χ0) is 38.4. The van der Waals surface area contributed by atoms with Crippen molar-refractivity contribution in [2.24, 2.45) is 0 Å². The Labute approximate surface area is 351 Å². The highest BCUT2D eigenvalue weighted by molar-refractivity contribution is 4.54. The van der Waals surface area contributed by atoms with E-state index in [9.17, 15) is 0 Å². The number of hydrogen-bond donors (Lipinski definition) is 0. The topological polar surface area (TPSA) is 0 Å². The third kappa shape index (κ3) is 54.4. The van der Waals surface area contributed by atoms with Crippen molar-refractivity contribution in [1.29, 1.82) is 0 Å². The van der Waals surface area contributed by atoms with Crippen molar-refractivity contribution >= 4 is 0 Å². The third-order valence-electron chi connectivity index (χ3n) is 12.4. The summed E-state index contributed by atoms with van der Waals surface area (Å²) in [6.45, 7) is 3.65. The zero-order valence-corrected chi connectivity index (χ0v) is 39.5. The van der Waals surface area contributed by atoms with Gasteiger partial charge in [-0.25, -0.2) is 0 Å². The predicted molar refractivity (Wildman–Crippen MR) is 246 cm³/mol. The molecule has 1 nitrogen and oxygen atoms in total. The van der Waals surface area contributed by atoms with Gasteiger partial charge in [0.25, 0.3) is 0 Å². The van der Waals surface area contributed by atoms with Crippen LogP contribution >= 0.6 is 0 Å². The Morgan fingerprint density at radius 2 is 0.296 bits per heavy atom. The molecule has 0 aromatic rings. The van der Waals surface area contributed by atoms with Crippen molar-refractivity contribution in [2.75, 3.05) is 27.7 Å². The summed E-state index contributed by atoms with van der Waals surface area (Å²) in [7, 11) is 6.94. The van der Waals surface area contributed by atoms with Crippen molar-refractivity contribution in [3.8, 4) is 0 Å². The first-order valence-corrected chi connectivity index (χ1v) is 25.9. The highest BCUT2D eigenvalue weighted by Gasteiger charge is 2.05. The van der Waals surface area contributed by atoms with Crippen LogP contribution in [0.5, 0.6) is 0 Å². The van der Waals surface area contributed by atoms with Crippen molar-refractivity contribution < 1.29 is 16.9 Å². The molecule has 0 aliphatic carbocycles. The number of nitrogens with zero attached hydrogens (tertiary/aromatic N) is 1. The molecule has 0 N–H and O–H groups in total. The van der Waals surface area contributed by atoms with E-state index in [0.29, 0.717) is 0 Å². The van der Waals surface area contributed by atoms with Gasteiger partial charge in [-0.1, -0.05) is 296 Å². The molecular formula is C52H108ClN. The van der Waals surface area contributed by atoms with Gasteiger partial charge >= 0.3 is 0 Å². The normalized spacial score (nSPS) is 11.8. The fraction of sp³-hybridized carbons (Fsp3) is 1.00. The molecule has 0 saturated carbocycles. The molecule has 0 unspecified atom stereocenters. The monoisotopic (exact) mass is 782 g/mol. The van der Waals surface area contributed by atoms with Crippen LogP contribution in [0.2, 0.25) is 0 Å². The molecule has 0 bridgehead atoms. The van der Waals surface area contributed by atoms with Gasteiger partial charge < -0.3 is 16.9 Å². The lowest BCUT2D eigenvalue weighted by atomic mass is 10.0. The summed E-state index contributed by atoms with van der Waals surface area (Å²) in [5.41, 5.74) is 0. The summed E-state index contributed by atoms with van der Waals surface area (Å²) in [5, 5.41) is 0. The summed E-state index contributed by atoms with van der Waals surface area (Å²) in [5.74, 6) is 0. The van der Waals surface area contributed by atoms with Gasteiger partial charge in [-0.05, 0) is 12.8 Å². The van der Waals surface area contributed by atoms with Crippen LogP contribution in [0, 0.1) is 0 Å². The number of halogens is 1. The van der Waals surface area contributed by atoms with Crippen molar-refractivity contribution in [1.82, 2.24) is 0 Å². The molecule has 0 spiro atoms. The van der Waals surface area contributed by atoms with Crippen LogP contribution in [0.4, 0.5) is 0 Å². The smallest absolute Gasteiger partial charge is 0.0780 e. The predicted octanol–water partition coefficient (Wildman–Crippen LogP) is 16.1. The third-order valence-corrected chi connectivity index (χ3v) is 12.4. The summed E-state index contributed by atoms with van der Waals surface area (Å²) in [6, 6.07) is 0. The standard InChI is InChI=1S/C52H108N.ClH/c1-5-6-7-8-9-10-11-12-13-14-15-16-17-18-19-20-21-22-23-24-25-26-27-28-29-30-31-32-33-34-35-36-37-38-39-40-41-42-43-44-45-46-47-48-49-50-51-52-53(2,3)4;/h5-52H2,1-4H3;1H/q+1;/p-1. The summed E-state index contributed by atoms with van der Waals surface area (Å²) >= 11 is 0. The minimum absolute atomic E-state index is 0. The van der Waals surface area contributed by atoms with Crippen LogP contribution in [-0.2, 0) is 0 Å². The first-order valence-electron chi connectivity index (χ1n) is 25.9. The first kappa shape index (κ1) is 56.3. The molecule has 0 radical (unpaired) electrons. The minimum atomic E-state index is 0. The van der Waals surface area contributed by atoms with Gasteiger partial charge in [0.1, 0.15) is 0 Å². The van der Waals surface area contributed by atoms with Crippen LogP contribution in [0.1, 0.15) is 309 Å². The van der Waals surface area contributed by atoms with Crippen LogP contribution in [-0.4, -0.2) is 32.2 Å². The van der Waals surface area contributed by atoms with Crippen LogP contribution in [0.25, 0.3) is 0 Å². The van der Waals surface area contributed by atoms with E-state index in [2.05, 4.69) is 28.1 Å². The molecule has 0 saturated heterocycles. The second-order valence-corrected chi connectivity index (χ2v) is 19.3. The van der Waals surface area contributed by atoms with E-state index >= 15 is 0 Å². The van der Waals surface area contributed by atoms with Gasteiger partial charge in [0.05, 0.1) is 27.7 Å². The Morgan fingerprint density at radius 1 is 0.185 bits per heavy atom. The Kier molecular flexibility index (Phi) is 51.5. The van der Waals surface area contributed by atoms with Crippen LogP contribution in [0.3, 0.4) is 0 Å². The van der Waals surface area contributed by atoms with E-state index in [-0.39, 0.29) is 12.4 Å². The fourth-order valence-corrected chi connectivity index (χ4v) is 8.61. The first-order chi connectivity index (χ1) is 26.1. The Balaban J connectivity index is 0. The molecule has 0 amide bonds. The van der Waals surface area contributed by atoms with E-state index in [1.807, 2.05) is 0 Å². The van der Waals surface area contributed by atoms with Crippen LogP contribution < -0.4 is 12.4 Å². The Hall–Kier alpha value is 0.250. The van der Waals surface area contributed by atoms with E-state index in [1.165, 1.54) is 308 Å². The average Bonchev–Trinajstić information content (AvgIpc) is 3.14. The summed E-state index contributed by atoms with van der Waals surface area (Å²) in [6.07, 6.45) is 69.8. The van der Waals surface area contributed by atoms with Gasteiger partial charge in [0, 0.05) is 0 Å². The van der Waals surface area contributed by atoms with Crippen molar-refractivity contribution in [3.63, 3.8) is 0 Å². The maximum atomic E-state index is 2.31. The highest BCUT2D eigenvalue weighted by Crippen LogP contribution is 2.18. The number of unbranched alkanes of at least 4 members (excludes halogenated alkanes) is 46. The van der Waals surface area contributed by atoms with E-state index in [1.54, 1.807) is 0 Å². The van der Waals surface area contributed by atoms with Gasteiger partial charge in [-0.2, -0.15) is 0 Å². The van der Waals surface area contributed by atoms with Crippen molar-refractivity contribution in [3.05, 3.63) is 0 Å². The van der Waals surface area contributed by atoms with E-state index in [4.69, 9.17) is 0 Å². The van der Waals surface area contributed by atoms with Gasteiger partial charge in [0.2, 0.25) is 0 Å². The number of rotatable bonds is 48. The molecular weight excluding hydrogens is 674 g/mol. The van der Waals surface area contributed by atoms with E-state index in [0.717, 1.165) is 4.48 Å². The molecule has 0 atom stereocenters. The molecule has 2 heteroatoms. The maximum Gasteiger partial charge on any atom is 0.0780 e. The van der Waals surface area contributed by atoms with Gasteiger partial charge in [-0.15, -0.1) is 0 Å². The van der Waals surface area contributed by atoms with Gasteiger partial charge in [-0.3, -0.25) is 0 Å². The second-order valence-electron chi connectivity index (χ2n) is 19.3. The molecule has 328 valence electrons. The largest absolute Gasteiger partial charge is 1.00 e. The Bertz CT molecular complexity index is 626. The minimum Gasteiger partial charge on any atom is -1.00 e. The molecule has 0 aliphatic rings. The summed E-state index contributed by atoms with van der Waals surface area (Å²) in [4.78, 5) is 0. The molecule has 54 heavy (non-hydrogen) atoms. The molecule has 0 aromatic heterocycles. The SMILES string of the molecule is CCCCCCCCCCCCCCCCCCCCCCCCCCCCCCCCCCCCCCCCCCCCCCCCC[N+](C)(C)C.[Cl-]. The highest BCUT2D eigenvalue weighted by atomic mass is 35.5. The fourth-order valence-electron chi connectivity index (χ4n) is 8.61. The Morgan fingerprint density at radius 3 is 0.407 bits per heavy atom. The quantitative estimate of drug-likeness (QED) is 0.0426. The lowest BCUT2D eigenvalue weighted by Gasteiger charge is -2.23. The summed E-state index contributed by atoms with van der Waals surface area (Å²) < 4.78 is 1.12. The number of hydrogen-bond acceptors (Lipinski definition) is 0. The van der Waals surface area contributed by atoms with Crippen LogP contribution in [0.15, 0.2) is 0 Å². The van der Waals surface area contributed by atoms with Gasteiger partial charge in [0.15, 0.2) is 0 Å². The molecule has 0 fully saturated rings. The zero-order valence-electron chi connectivity index (χ0n) is 38.8. The average molecular weight is 783 g/mol. The lowest BCUT2D eigenvalue weighted by molar-refractivity contribution is -0.870. The number of quaternary nitrogens is 1. The lowest BCUT2D eigenvalue weighted by Crippen LogP contribution is -3.00. The molecule has 0 aliphatic heterocycles. The second kappa shape index (κ2) is 49.4. The van der Waals surface area contributed by atoms with E-state index < -0.39 is 0 Å². The maximum absolute atomic E-state index is 2.31. The molecule has 0 heterocycles. The molecule has 0 aromatic carbocycles. The van der Waals surface area contributed by atoms with Crippen molar-refractivity contribution in [2.45, 2.75) is 309 Å². The molecule has 0 rings (SSSR count).